The van der Waals surface area contributed by atoms with Gasteiger partial charge in [-0.15, -0.1) is 10.2 Å². The summed E-state index contributed by atoms with van der Waals surface area (Å²) in [6, 6.07) is 4.89. The lowest BCUT2D eigenvalue weighted by Crippen LogP contribution is -2.33. The average molecular weight is 352 g/mol. The molecule has 6 heteroatoms. The quantitative estimate of drug-likeness (QED) is 0.828. The molecule has 0 aromatic carbocycles. The van der Waals surface area contributed by atoms with E-state index in [-0.39, 0.29) is 0 Å². The highest BCUT2D eigenvalue weighted by molar-refractivity contribution is 5.45. The molecule has 2 aliphatic heterocycles. The number of anilines is 1. The molecule has 0 radical (unpaired) electrons. The van der Waals surface area contributed by atoms with Gasteiger partial charge in [-0.2, -0.15) is 0 Å². The summed E-state index contributed by atoms with van der Waals surface area (Å²) in [7, 11) is 0. The van der Waals surface area contributed by atoms with Crippen molar-refractivity contribution in [2.75, 3.05) is 31.1 Å². The maximum absolute atomic E-state index is 4.70. The second kappa shape index (κ2) is 6.99. The summed E-state index contributed by atoms with van der Waals surface area (Å²) in [5.74, 6) is 3.02. The van der Waals surface area contributed by atoms with Crippen LogP contribution in [0.15, 0.2) is 24.5 Å². The van der Waals surface area contributed by atoms with Crippen LogP contribution in [0.4, 0.5) is 5.69 Å². The first kappa shape index (κ1) is 16.2. The Morgan fingerprint density at radius 1 is 0.885 bits per heavy atom. The molecule has 26 heavy (non-hydrogen) atoms. The van der Waals surface area contributed by atoms with Gasteiger partial charge in [0.25, 0.3) is 0 Å². The third-order valence-corrected chi connectivity index (χ3v) is 6.16. The number of hydrogen-bond donors (Lipinski definition) is 0. The number of pyridine rings is 1. The molecule has 5 rings (SSSR count). The minimum absolute atomic E-state index is 0.550. The van der Waals surface area contributed by atoms with Gasteiger partial charge in [0.2, 0.25) is 0 Å². The molecule has 3 aliphatic rings. The van der Waals surface area contributed by atoms with Gasteiger partial charge in [0.1, 0.15) is 11.6 Å². The van der Waals surface area contributed by atoms with E-state index in [0.717, 1.165) is 32.5 Å². The minimum atomic E-state index is 0.550. The van der Waals surface area contributed by atoms with Gasteiger partial charge in [-0.3, -0.25) is 9.88 Å². The second-order valence-corrected chi connectivity index (χ2v) is 8.03. The van der Waals surface area contributed by atoms with Crippen LogP contribution in [0.25, 0.3) is 0 Å². The smallest absolute Gasteiger partial charge is 0.147 e. The maximum Gasteiger partial charge on any atom is 0.147 e. The Labute approximate surface area is 155 Å². The Bertz CT molecular complexity index is 724. The minimum Gasteiger partial charge on any atom is -0.371 e. The number of hydrogen-bond acceptors (Lipinski definition) is 5. The van der Waals surface area contributed by atoms with Gasteiger partial charge in [-0.1, -0.05) is 0 Å². The lowest BCUT2D eigenvalue weighted by atomic mass is 9.95. The van der Waals surface area contributed by atoms with E-state index in [9.17, 15) is 0 Å². The Balaban J connectivity index is 1.30. The Morgan fingerprint density at radius 3 is 2.31 bits per heavy atom. The predicted molar refractivity (Wildman–Crippen MR) is 101 cm³/mol. The van der Waals surface area contributed by atoms with Crippen LogP contribution in [-0.2, 0) is 6.54 Å². The van der Waals surface area contributed by atoms with Crippen LogP contribution in [0.3, 0.4) is 0 Å². The van der Waals surface area contributed by atoms with E-state index in [1.807, 2.05) is 12.4 Å². The number of piperidine rings is 1. The van der Waals surface area contributed by atoms with Crippen molar-refractivity contribution in [2.45, 2.75) is 57.0 Å². The number of likely N-dealkylation sites (tertiary alicyclic amines) is 1. The molecule has 6 nitrogen and oxygen atoms in total. The van der Waals surface area contributed by atoms with E-state index in [4.69, 9.17) is 5.10 Å². The Hall–Kier alpha value is -1.95. The zero-order valence-corrected chi connectivity index (χ0v) is 15.4. The van der Waals surface area contributed by atoms with Crippen LogP contribution in [0.1, 0.15) is 62.1 Å². The summed E-state index contributed by atoms with van der Waals surface area (Å²) in [6.45, 7) is 5.61. The molecule has 0 amide bonds. The van der Waals surface area contributed by atoms with Gasteiger partial charge < -0.3 is 9.47 Å². The van der Waals surface area contributed by atoms with Crippen LogP contribution in [0.5, 0.6) is 0 Å². The van der Waals surface area contributed by atoms with Crippen molar-refractivity contribution in [2.24, 2.45) is 0 Å². The molecule has 2 aromatic heterocycles. The first-order valence-corrected chi connectivity index (χ1v) is 10.2. The lowest BCUT2D eigenvalue weighted by molar-refractivity contribution is 0.314. The second-order valence-electron chi connectivity index (χ2n) is 8.03. The topological polar surface area (TPSA) is 50.1 Å². The molecule has 1 aliphatic carbocycles. The van der Waals surface area contributed by atoms with Gasteiger partial charge in [0, 0.05) is 43.1 Å². The fraction of sp³-hybridized carbons (Fsp3) is 0.650. The zero-order valence-electron chi connectivity index (χ0n) is 15.4. The van der Waals surface area contributed by atoms with Crippen molar-refractivity contribution >= 4 is 5.69 Å². The van der Waals surface area contributed by atoms with Gasteiger partial charge in [-0.25, -0.2) is 0 Å². The van der Waals surface area contributed by atoms with Crippen LogP contribution in [-0.4, -0.2) is 50.8 Å². The third-order valence-electron chi connectivity index (χ3n) is 6.16. The van der Waals surface area contributed by atoms with Crippen molar-refractivity contribution in [3.05, 3.63) is 36.2 Å². The molecule has 0 atom stereocenters. The van der Waals surface area contributed by atoms with E-state index >= 15 is 0 Å². The lowest BCUT2D eigenvalue weighted by Gasteiger charge is -2.33. The normalized spacial score (nSPS) is 22.2. The molecule has 138 valence electrons. The summed E-state index contributed by atoms with van der Waals surface area (Å²) >= 11 is 0. The predicted octanol–water partition coefficient (Wildman–Crippen LogP) is 2.99. The van der Waals surface area contributed by atoms with Crippen LogP contribution in [0.2, 0.25) is 0 Å². The highest BCUT2D eigenvalue weighted by Crippen LogP contribution is 2.40. The summed E-state index contributed by atoms with van der Waals surface area (Å²) in [5.41, 5.74) is 1.29. The van der Waals surface area contributed by atoms with Crippen LogP contribution < -0.4 is 4.90 Å². The summed E-state index contributed by atoms with van der Waals surface area (Å²) in [6.07, 6.45) is 11.4. The molecular formula is C20H28N6. The van der Waals surface area contributed by atoms with E-state index < -0.39 is 0 Å². The molecule has 0 unspecified atom stereocenters. The Morgan fingerprint density at radius 2 is 1.62 bits per heavy atom. The Kier molecular flexibility index (Phi) is 4.36. The highest BCUT2D eigenvalue weighted by atomic mass is 15.3. The number of nitrogens with zero attached hydrogens (tertiary/aromatic N) is 6. The van der Waals surface area contributed by atoms with E-state index in [1.54, 1.807) is 0 Å². The zero-order chi connectivity index (χ0) is 17.3. The average Bonchev–Trinajstić information content (AvgIpc) is 3.24. The van der Waals surface area contributed by atoms with E-state index in [2.05, 4.69) is 36.6 Å². The highest BCUT2D eigenvalue weighted by Gasteiger charge is 2.34. The fourth-order valence-electron chi connectivity index (χ4n) is 4.55. The van der Waals surface area contributed by atoms with Crippen LogP contribution in [0, 0.1) is 0 Å². The molecule has 4 heterocycles. The maximum atomic E-state index is 4.70. The first-order chi connectivity index (χ1) is 12.9. The molecule has 3 fully saturated rings. The molecule has 2 aromatic rings. The largest absolute Gasteiger partial charge is 0.371 e. The molecule has 1 saturated carbocycles. The van der Waals surface area contributed by atoms with Gasteiger partial charge >= 0.3 is 0 Å². The summed E-state index contributed by atoms with van der Waals surface area (Å²) < 4.78 is 2.52. The van der Waals surface area contributed by atoms with Crippen molar-refractivity contribution in [1.29, 1.82) is 0 Å². The monoisotopic (exact) mass is 352 g/mol. The van der Waals surface area contributed by atoms with Gasteiger partial charge in [-0.05, 0) is 63.7 Å². The first-order valence-electron chi connectivity index (χ1n) is 10.2. The standard InChI is InChI=1S/C20H28N6/c1-2-12-24(11-1)15-19-22-23-20(26(19)18-3-4-18)16-7-13-25(14-8-16)17-5-9-21-10-6-17/h5-6,9-10,16,18H,1-4,7-8,11-15H2. The van der Waals surface area contributed by atoms with Crippen LogP contribution >= 0.6 is 0 Å². The fourth-order valence-corrected chi connectivity index (χ4v) is 4.55. The number of aromatic nitrogens is 4. The molecule has 0 spiro atoms. The SMILES string of the molecule is c1cc(N2CCC(c3nnc(CN4CCCC4)n3C3CC3)CC2)ccn1. The molecule has 0 N–H and O–H groups in total. The van der Waals surface area contributed by atoms with Gasteiger partial charge in [0.05, 0.1) is 6.54 Å². The van der Waals surface area contributed by atoms with Crippen molar-refractivity contribution < 1.29 is 0 Å². The summed E-state index contributed by atoms with van der Waals surface area (Å²) in [4.78, 5) is 9.15. The van der Waals surface area contributed by atoms with E-state index in [0.29, 0.717) is 12.0 Å². The third kappa shape index (κ3) is 3.22. The summed E-state index contributed by atoms with van der Waals surface area (Å²) in [5, 5.41) is 9.34. The van der Waals surface area contributed by atoms with E-state index in [1.165, 1.54) is 56.1 Å². The molecular weight excluding hydrogens is 324 g/mol. The van der Waals surface area contributed by atoms with Crippen molar-refractivity contribution in [1.82, 2.24) is 24.6 Å². The van der Waals surface area contributed by atoms with Gasteiger partial charge in [0.15, 0.2) is 0 Å². The number of rotatable bonds is 5. The molecule has 0 bridgehead atoms. The van der Waals surface area contributed by atoms with Crippen molar-refractivity contribution in [3.8, 4) is 0 Å². The molecule has 2 saturated heterocycles. The van der Waals surface area contributed by atoms with Crippen molar-refractivity contribution in [3.63, 3.8) is 0 Å².